The molecule has 6 nitrogen and oxygen atoms in total. The van der Waals surface area contributed by atoms with E-state index in [0.29, 0.717) is 0 Å². The lowest BCUT2D eigenvalue weighted by Gasteiger charge is -1.89. The van der Waals surface area contributed by atoms with Crippen molar-refractivity contribution in [3.8, 4) is 5.75 Å². The third-order valence-corrected chi connectivity index (χ3v) is 0.914. The third-order valence-electron chi connectivity index (χ3n) is 0.914. The molecule has 66 valence electrons. The highest BCUT2D eigenvalue weighted by Crippen LogP contribution is 2.00. The molecule has 0 saturated carbocycles. The summed E-state index contributed by atoms with van der Waals surface area (Å²) in [5.41, 5.74) is 0. The van der Waals surface area contributed by atoms with Crippen molar-refractivity contribution in [1.29, 1.82) is 0 Å². The summed E-state index contributed by atoms with van der Waals surface area (Å²) in [6, 6.07) is 3.77. The first kappa shape index (κ1) is 10.2. The first-order valence-electron chi connectivity index (χ1n) is 2.98. The number of hydrogen-bond acceptors (Lipinski definition) is 4. The fraction of sp³-hybridized carbons (Fsp3) is 0.167. The van der Waals surface area contributed by atoms with E-state index in [0.717, 1.165) is 5.75 Å². The molecule has 0 aliphatic heterocycles. The van der Waals surface area contributed by atoms with E-state index in [9.17, 15) is 0 Å². The molecule has 0 radical (unpaired) electrons. The van der Waals surface area contributed by atoms with Crippen molar-refractivity contribution in [3.63, 3.8) is 0 Å². The van der Waals surface area contributed by atoms with Gasteiger partial charge in [-0.1, -0.05) is 0 Å². The van der Waals surface area contributed by atoms with Crippen molar-refractivity contribution in [2.45, 2.75) is 0 Å². The van der Waals surface area contributed by atoms with Crippen LogP contribution in [-0.4, -0.2) is 12.2 Å². The Balaban J connectivity index is 0.000000261. The topological polar surface area (TPSA) is 89.6 Å². The summed E-state index contributed by atoms with van der Waals surface area (Å²) >= 11 is 0. The molecule has 0 aromatic carbocycles. The maximum atomic E-state index is 8.25. The molecule has 1 rings (SSSR count). The van der Waals surface area contributed by atoms with Crippen LogP contribution in [0.3, 0.4) is 0 Å². The van der Waals surface area contributed by atoms with E-state index in [1.807, 2.05) is 18.3 Å². The highest BCUT2D eigenvalue weighted by Gasteiger charge is 1.87. The van der Waals surface area contributed by atoms with Crippen LogP contribution in [0.1, 0.15) is 0 Å². The second kappa shape index (κ2) is 5.90. The fourth-order valence-electron chi connectivity index (χ4n) is 0.504. The van der Waals surface area contributed by atoms with E-state index in [1.54, 1.807) is 13.3 Å². The third kappa shape index (κ3) is 6.27. The Morgan fingerprint density at radius 2 is 2.17 bits per heavy atom. The van der Waals surface area contributed by atoms with Crippen LogP contribution in [0.5, 0.6) is 5.75 Å². The zero-order valence-electron chi connectivity index (χ0n) is 6.39. The molecular weight excluding hydrogens is 164 g/mol. The maximum Gasteiger partial charge on any atom is 0.209 e. The van der Waals surface area contributed by atoms with Crippen LogP contribution >= 0.6 is 0 Å². The number of rotatable bonds is 1. The molecule has 1 N–H and O–H groups in total. The Morgan fingerprint density at radius 3 is 2.42 bits per heavy atom. The normalized spacial score (nSPS) is 7.75. The molecule has 0 saturated heterocycles. The summed E-state index contributed by atoms with van der Waals surface area (Å²) in [5, 5.41) is 14.8. The number of hydrogen-bond donors (Lipinski definition) is 0. The Morgan fingerprint density at radius 1 is 1.58 bits per heavy atom. The highest BCUT2D eigenvalue weighted by molar-refractivity contribution is 5.11. The van der Waals surface area contributed by atoms with Crippen molar-refractivity contribution >= 4 is 0 Å². The quantitative estimate of drug-likeness (QED) is 0.449. The first-order valence-corrected chi connectivity index (χ1v) is 2.98. The minimum absolute atomic E-state index is 0.854. The second-order valence-corrected chi connectivity index (χ2v) is 1.67. The number of aromatic nitrogens is 1. The van der Waals surface area contributed by atoms with Gasteiger partial charge in [0.1, 0.15) is 0 Å². The van der Waals surface area contributed by atoms with Gasteiger partial charge in [-0.2, -0.15) is 0 Å². The number of methoxy groups -OCH3 is 1. The Hall–Kier alpha value is -1.85. The molecule has 1 aromatic heterocycles. The Kier molecular flexibility index (Phi) is 4.99. The predicted molar refractivity (Wildman–Crippen MR) is 39.9 cm³/mol. The SMILES string of the molecule is COc1ccc[nH+]c1.O=[N+]([O-])[O-]. The molecule has 0 bridgehead atoms. The Labute approximate surface area is 68.5 Å². The number of H-pyrrole nitrogens is 1. The number of nitrogens with zero attached hydrogens (tertiary/aromatic N) is 1. The van der Waals surface area contributed by atoms with Gasteiger partial charge in [0.25, 0.3) is 0 Å². The largest absolute Gasteiger partial charge is 0.491 e. The van der Waals surface area contributed by atoms with Crippen molar-refractivity contribution in [1.82, 2.24) is 0 Å². The van der Waals surface area contributed by atoms with Gasteiger partial charge in [0.15, 0.2) is 11.9 Å². The van der Waals surface area contributed by atoms with Gasteiger partial charge in [-0.15, -0.1) is 0 Å². The van der Waals surface area contributed by atoms with Gasteiger partial charge in [0.2, 0.25) is 6.20 Å². The van der Waals surface area contributed by atoms with Crippen molar-refractivity contribution in [2.24, 2.45) is 0 Å². The van der Waals surface area contributed by atoms with E-state index < -0.39 is 5.09 Å². The second-order valence-electron chi connectivity index (χ2n) is 1.67. The molecule has 0 unspecified atom stereocenters. The molecule has 0 spiro atoms. The Bertz CT molecular complexity index is 222. The molecule has 0 amide bonds. The molecule has 1 aromatic rings. The smallest absolute Gasteiger partial charge is 0.209 e. The van der Waals surface area contributed by atoms with Gasteiger partial charge < -0.3 is 20.1 Å². The van der Waals surface area contributed by atoms with E-state index in [4.69, 9.17) is 20.1 Å². The lowest BCUT2D eigenvalue weighted by atomic mass is 10.5. The van der Waals surface area contributed by atoms with Crippen LogP contribution in [0, 0.1) is 15.3 Å². The molecule has 0 aliphatic carbocycles. The van der Waals surface area contributed by atoms with Crippen LogP contribution in [0.15, 0.2) is 24.5 Å². The molecule has 0 fully saturated rings. The number of ether oxygens (including phenoxy) is 1. The lowest BCUT2D eigenvalue weighted by Crippen LogP contribution is -1.98. The van der Waals surface area contributed by atoms with Gasteiger partial charge >= 0.3 is 0 Å². The van der Waals surface area contributed by atoms with Crippen LogP contribution in [-0.2, 0) is 0 Å². The summed E-state index contributed by atoms with van der Waals surface area (Å²) in [6.07, 6.45) is 3.63. The number of nitrogens with one attached hydrogen (secondary N) is 1. The minimum Gasteiger partial charge on any atom is -0.491 e. The van der Waals surface area contributed by atoms with E-state index in [2.05, 4.69) is 4.98 Å². The monoisotopic (exact) mass is 172 g/mol. The summed E-state index contributed by atoms with van der Waals surface area (Å²) < 4.78 is 4.88. The molecule has 12 heavy (non-hydrogen) atoms. The van der Waals surface area contributed by atoms with Gasteiger partial charge in [-0.25, -0.2) is 4.98 Å². The number of pyridine rings is 1. The molecular formula is C6H8N2O4. The van der Waals surface area contributed by atoms with Gasteiger partial charge in [-0.05, 0) is 6.07 Å². The first-order chi connectivity index (χ1) is 5.66. The summed E-state index contributed by atoms with van der Waals surface area (Å²) in [4.78, 5) is 11.1. The van der Waals surface area contributed by atoms with Crippen LogP contribution in [0.25, 0.3) is 0 Å². The summed E-state index contributed by atoms with van der Waals surface area (Å²) in [7, 11) is 1.64. The van der Waals surface area contributed by atoms with Gasteiger partial charge in [0.05, 0.1) is 12.2 Å². The van der Waals surface area contributed by atoms with Crippen molar-refractivity contribution in [2.75, 3.05) is 7.11 Å². The zero-order chi connectivity index (χ0) is 9.40. The zero-order valence-corrected chi connectivity index (χ0v) is 6.39. The minimum atomic E-state index is -1.75. The van der Waals surface area contributed by atoms with Crippen molar-refractivity contribution < 1.29 is 14.8 Å². The molecule has 0 aliphatic rings. The standard InChI is InChI=1S/C6H7NO.NO3/c1-8-6-3-2-4-7-5-6;2-1(3)4/h2-5H,1H3;/q;-1/p+1. The summed E-state index contributed by atoms with van der Waals surface area (Å²) in [6.45, 7) is 0. The van der Waals surface area contributed by atoms with Crippen LogP contribution < -0.4 is 9.72 Å². The fourth-order valence-corrected chi connectivity index (χ4v) is 0.504. The van der Waals surface area contributed by atoms with Crippen LogP contribution in [0.4, 0.5) is 0 Å². The lowest BCUT2D eigenvalue weighted by molar-refractivity contribution is -0.402. The van der Waals surface area contributed by atoms with Gasteiger partial charge in [-0.3, -0.25) is 0 Å². The summed E-state index contributed by atoms with van der Waals surface area (Å²) in [5.74, 6) is 0.854. The highest BCUT2D eigenvalue weighted by atomic mass is 16.9. The van der Waals surface area contributed by atoms with Crippen molar-refractivity contribution in [3.05, 3.63) is 39.8 Å². The van der Waals surface area contributed by atoms with E-state index >= 15 is 0 Å². The number of aromatic amines is 1. The predicted octanol–water partition coefficient (Wildman–Crippen LogP) is 0.270. The van der Waals surface area contributed by atoms with E-state index in [-0.39, 0.29) is 0 Å². The molecule has 6 heteroatoms. The maximum absolute atomic E-state index is 8.25. The van der Waals surface area contributed by atoms with Crippen LogP contribution in [0.2, 0.25) is 0 Å². The van der Waals surface area contributed by atoms with E-state index in [1.165, 1.54) is 0 Å². The molecule has 1 heterocycles. The molecule has 0 atom stereocenters. The van der Waals surface area contributed by atoms with Gasteiger partial charge in [0, 0.05) is 6.07 Å². The average molecular weight is 172 g/mol. The average Bonchev–Trinajstić information content (AvgIpc) is 2.05.